The molecule has 0 atom stereocenters. The molecule has 6 nitrogen and oxygen atoms in total. The average molecular weight is 327 g/mol. The van der Waals surface area contributed by atoms with Gasteiger partial charge in [-0.05, 0) is 33.2 Å². The number of rotatable bonds is 8. The first kappa shape index (κ1) is 18.6. The van der Waals surface area contributed by atoms with E-state index in [1.165, 1.54) is 10.6 Å². The first-order valence-electron chi connectivity index (χ1n) is 7.15. The lowest BCUT2D eigenvalue weighted by Crippen LogP contribution is -2.41. The molecule has 1 aromatic rings. The summed E-state index contributed by atoms with van der Waals surface area (Å²) in [5.41, 5.74) is 1.66. The Morgan fingerprint density at radius 1 is 1.09 bits per heavy atom. The average Bonchev–Trinajstić information content (AvgIpc) is 2.41. The van der Waals surface area contributed by atoms with E-state index in [0.29, 0.717) is 18.7 Å². The van der Waals surface area contributed by atoms with E-state index in [0.717, 1.165) is 5.56 Å². The van der Waals surface area contributed by atoms with Gasteiger partial charge in [0.2, 0.25) is 10.0 Å². The van der Waals surface area contributed by atoms with E-state index in [1.807, 2.05) is 38.1 Å². The molecule has 0 aliphatic heterocycles. The lowest BCUT2D eigenvalue weighted by atomic mass is 10.1. The van der Waals surface area contributed by atoms with Crippen LogP contribution in [0.1, 0.15) is 15.9 Å². The monoisotopic (exact) mass is 327 g/mol. The first-order chi connectivity index (χ1) is 10.2. The molecule has 0 radical (unpaired) electrons. The largest absolute Gasteiger partial charge is 0.351 e. The van der Waals surface area contributed by atoms with E-state index in [4.69, 9.17) is 0 Å². The van der Waals surface area contributed by atoms with Gasteiger partial charge in [0.15, 0.2) is 0 Å². The van der Waals surface area contributed by atoms with E-state index in [-0.39, 0.29) is 19.0 Å². The van der Waals surface area contributed by atoms with Crippen molar-refractivity contribution in [3.05, 3.63) is 35.4 Å². The zero-order valence-electron chi connectivity index (χ0n) is 13.7. The number of hydrogen-bond donors (Lipinski definition) is 1. The summed E-state index contributed by atoms with van der Waals surface area (Å²) >= 11 is 0. The quantitative estimate of drug-likeness (QED) is 0.757. The Labute approximate surface area is 133 Å². The number of carbonyl (C=O) groups is 1. The highest BCUT2D eigenvalue weighted by Crippen LogP contribution is 2.03. The zero-order valence-corrected chi connectivity index (χ0v) is 14.5. The summed E-state index contributed by atoms with van der Waals surface area (Å²) in [6.07, 6.45) is 1.18. The molecule has 1 amide bonds. The number of nitrogens with one attached hydrogen (secondary N) is 1. The van der Waals surface area contributed by atoms with Crippen molar-refractivity contribution in [2.75, 3.05) is 46.5 Å². The van der Waals surface area contributed by atoms with Crippen LogP contribution in [0.3, 0.4) is 0 Å². The van der Waals surface area contributed by atoms with Crippen LogP contribution < -0.4 is 5.32 Å². The van der Waals surface area contributed by atoms with Crippen LogP contribution in [0.4, 0.5) is 0 Å². The van der Waals surface area contributed by atoms with Gasteiger partial charge < -0.3 is 10.2 Å². The molecule has 1 aromatic carbocycles. The van der Waals surface area contributed by atoms with Crippen molar-refractivity contribution in [3.63, 3.8) is 0 Å². The molecule has 1 rings (SSSR count). The second-order valence-electron chi connectivity index (χ2n) is 5.59. The second-order valence-corrected chi connectivity index (χ2v) is 7.57. The molecule has 0 aromatic heterocycles. The molecule has 0 aliphatic carbocycles. The molecule has 0 aliphatic rings. The van der Waals surface area contributed by atoms with Crippen LogP contribution in [0.15, 0.2) is 24.3 Å². The van der Waals surface area contributed by atoms with Gasteiger partial charge >= 0.3 is 0 Å². The van der Waals surface area contributed by atoms with Crippen molar-refractivity contribution in [1.82, 2.24) is 14.5 Å². The summed E-state index contributed by atoms with van der Waals surface area (Å²) in [6.45, 7) is 3.55. The third-order valence-electron chi connectivity index (χ3n) is 3.23. The lowest BCUT2D eigenvalue weighted by Gasteiger charge is -2.22. The van der Waals surface area contributed by atoms with Gasteiger partial charge in [-0.3, -0.25) is 4.79 Å². The Kier molecular flexibility index (Phi) is 6.99. The minimum absolute atomic E-state index is 0.193. The van der Waals surface area contributed by atoms with Crippen molar-refractivity contribution in [3.8, 4) is 0 Å². The highest BCUT2D eigenvalue weighted by atomic mass is 32.2. The molecule has 0 heterocycles. The molecule has 0 spiro atoms. The number of benzene rings is 1. The van der Waals surface area contributed by atoms with Gasteiger partial charge in [-0.25, -0.2) is 8.42 Å². The summed E-state index contributed by atoms with van der Waals surface area (Å²) in [7, 11) is 0.504. The molecular formula is C15H25N3O3S. The summed E-state index contributed by atoms with van der Waals surface area (Å²) < 4.78 is 24.8. The fraction of sp³-hybridized carbons (Fsp3) is 0.533. The number of carbonyl (C=O) groups excluding carboxylic acids is 1. The highest BCUT2D eigenvalue weighted by Gasteiger charge is 2.16. The number of amides is 1. The van der Waals surface area contributed by atoms with Gasteiger partial charge in [0.25, 0.3) is 5.91 Å². The normalized spacial score (nSPS) is 11.9. The molecule has 7 heteroatoms. The van der Waals surface area contributed by atoms with Gasteiger partial charge in [-0.15, -0.1) is 0 Å². The van der Waals surface area contributed by atoms with Crippen molar-refractivity contribution in [2.45, 2.75) is 6.92 Å². The predicted octanol–water partition coefficient (Wildman–Crippen LogP) is 0.548. The van der Waals surface area contributed by atoms with Gasteiger partial charge in [0.05, 0.1) is 6.26 Å². The SMILES string of the molecule is Cc1ccc(C(=O)NCCN(CCN(C)C)S(C)(=O)=O)cc1. The maximum atomic E-state index is 12.0. The van der Waals surface area contributed by atoms with E-state index in [2.05, 4.69) is 5.32 Å². The van der Waals surface area contributed by atoms with Crippen molar-refractivity contribution in [2.24, 2.45) is 0 Å². The maximum absolute atomic E-state index is 12.0. The minimum atomic E-state index is -3.27. The van der Waals surface area contributed by atoms with Crippen LogP contribution in [-0.4, -0.2) is 70.1 Å². The van der Waals surface area contributed by atoms with E-state index in [1.54, 1.807) is 12.1 Å². The number of sulfonamides is 1. The van der Waals surface area contributed by atoms with E-state index >= 15 is 0 Å². The fourth-order valence-corrected chi connectivity index (χ4v) is 2.69. The molecule has 22 heavy (non-hydrogen) atoms. The summed E-state index contributed by atoms with van der Waals surface area (Å²) in [6, 6.07) is 7.25. The Morgan fingerprint density at radius 3 is 2.18 bits per heavy atom. The fourth-order valence-electron chi connectivity index (χ4n) is 1.86. The van der Waals surface area contributed by atoms with Crippen LogP contribution in [0.25, 0.3) is 0 Å². The molecule has 1 N–H and O–H groups in total. The van der Waals surface area contributed by atoms with E-state index in [9.17, 15) is 13.2 Å². The Hall–Kier alpha value is -1.44. The zero-order chi connectivity index (χ0) is 16.8. The summed E-state index contributed by atoms with van der Waals surface area (Å²) in [5.74, 6) is -0.193. The van der Waals surface area contributed by atoms with E-state index < -0.39 is 10.0 Å². The second kappa shape index (κ2) is 8.26. The Morgan fingerprint density at radius 2 is 1.68 bits per heavy atom. The molecule has 0 saturated heterocycles. The van der Waals surface area contributed by atoms with Gasteiger partial charge in [-0.2, -0.15) is 4.31 Å². The van der Waals surface area contributed by atoms with Crippen LogP contribution in [0.2, 0.25) is 0 Å². The smallest absolute Gasteiger partial charge is 0.251 e. The third-order valence-corrected chi connectivity index (χ3v) is 4.53. The molecule has 0 bridgehead atoms. The van der Waals surface area contributed by atoms with Gasteiger partial charge in [0.1, 0.15) is 0 Å². The topological polar surface area (TPSA) is 69.7 Å². The Bertz CT molecular complexity index is 583. The number of nitrogens with zero attached hydrogens (tertiary/aromatic N) is 2. The van der Waals surface area contributed by atoms with Crippen LogP contribution in [0, 0.1) is 6.92 Å². The maximum Gasteiger partial charge on any atom is 0.251 e. The van der Waals surface area contributed by atoms with Crippen molar-refractivity contribution in [1.29, 1.82) is 0 Å². The van der Waals surface area contributed by atoms with Crippen molar-refractivity contribution >= 4 is 15.9 Å². The van der Waals surface area contributed by atoms with Gasteiger partial charge in [0, 0.05) is 31.7 Å². The number of hydrogen-bond acceptors (Lipinski definition) is 4. The lowest BCUT2D eigenvalue weighted by molar-refractivity contribution is 0.0951. The summed E-state index contributed by atoms with van der Waals surface area (Å²) in [4.78, 5) is 13.9. The van der Waals surface area contributed by atoms with Crippen LogP contribution >= 0.6 is 0 Å². The molecule has 0 fully saturated rings. The Balaban J connectivity index is 2.51. The third kappa shape index (κ3) is 6.55. The molecule has 0 saturated carbocycles. The molecule has 124 valence electrons. The molecule has 0 unspecified atom stereocenters. The van der Waals surface area contributed by atoms with Crippen molar-refractivity contribution < 1.29 is 13.2 Å². The standard InChI is InChI=1S/C15H25N3O3S/c1-13-5-7-14(8-6-13)15(19)16-9-10-18(22(4,20)21)12-11-17(2)3/h5-8H,9-12H2,1-4H3,(H,16,19). The van der Waals surface area contributed by atoms with Crippen LogP contribution in [-0.2, 0) is 10.0 Å². The first-order valence-corrected chi connectivity index (χ1v) is 8.99. The number of aryl methyl sites for hydroxylation is 1. The minimum Gasteiger partial charge on any atom is -0.351 e. The molecular weight excluding hydrogens is 302 g/mol. The predicted molar refractivity (Wildman–Crippen MR) is 88.5 cm³/mol. The summed E-state index contributed by atoms with van der Waals surface area (Å²) in [5, 5.41) is 2.75. The highest BCUT2D eigenvalue weighted by molar-refractivity contribution is 7.88. The van der Waals surface area contributed by atoms with Crippen LogP contribution in [0.5, 0.6) is 0 Å². The van der Waals surface area contributed by atoms with Gasteiger partial charge in [-0.1, -0.05) is 17.7 Å². The number of likely N-dealkylation sites (N-methyl/N-ethyl adjacent to an activating group) is 1.